The number of carbonyl (C=O) groups is 1. The van der Waals surface area contributed by atoms with Gasteiger partial charge in [0, 0.05) is 6.54 Å². The lowest BCUT2D eigenvalue weighted by Crippen LogP contribution is -2.33. The van der Waals surface area contributed by atoms with Crippen LogP contribution in [0.1, 0.15) is 34.0 Å². The molecule has 0 unspecified atom stereocenters. The Morgan fingerprint density at radius 3 is 2.25 bits per heavy atom. The number of ether oxygens (including phenoxy) is 1. The molecule has 1 amide bonds. The molecule has 4 nitrogen and oxygen atoms in total. The third kappa shape index (κ3) is 4.56. The molecule has 0 aliphatic carbocycles. The van der Waals surface area contributed by atoms with Gasteiger partial charge in [0.15, 0.2) is 0 Å². The summed E-state index contributed by atoms with van der Waals surface area (Å²) in [4.78, 5) is 17.9. The Labute approximate surface area is 191 Å². The summed E-state index contributed by atoms with van der Waals surface area (Å²) in [5.74, 6) is 1.05. The van der Waals surface area contributed by atoms with Gasteiger partial charge in [0.25, 0.3) is 0 Å². The van der Waals surface area contributed by atoms with Crippen LogP contribution in [-0.4, -0.2) is 42.5 Å². The molecule has 2 atom stereocenters. The van der Waals surface area contributed by atoms with Gasteiger partial charge in [-0.1, -0.05) is 60.7 Å². The minimum absolute atomic E-state index is 0.0613. The quantitative estimate of drug-likeness (QED) is 0.534. The molecule has 0 saturated carbocycles. The molecule has 166 valence electrons. The predicted octanol–water partition coefficient (Wildman–Crippen LogP) is 4.94. The molecule has 1 aliphatic heterocycles. The highest BCUT2D eigenvalue weighted by Gasteiger charge is 2.44. The standard InChI is InChI=1S/C28H32N2O2/c1-20-10-13-24(18-21(20)2)27-29(3)26(19-23-8-6-5-7-9-23)28(31)30(27)17-16-22-11-14-25(32-4)15-12-22/h5-15,18,26-27H,16-17,19H2,1-4H3/t26-,27-/m0/s1. The summed E-state index contributed by atoms with van der Waals surface area (Å²) in [7, 11) is 3.76. The third-order valence-electron chi connectivity index (χ3n) is 6.64. The number of carbonyl (C=O) groups excluding carboxylic acids is 1. The second kappa shape index (κ2) is 9.58. The van der Waals surface area contributed by atoms with E-state index in [0.29, 0.717) is 6.54 Å². The number of likely N-dealkylation sites (N-methyl/N-ethyl adjacent to an activating group) is 1. The van der Waals surface area contributed by atoms with E-state index in [0.717, 1.165) is 18.6 Å². The normalized spacial score (nSPS) is 18.9. The van der Waals surface area contributed by atoms with Gasteiger partial charge in [0.2, 0.25) is 5.91 Å². The third-order valence-corrected chi connectivity index (χ3v) is 6.64. The molecule has 1 aliphatic rings. The highest BCUT2D eigenvalue weighted by atomic mass is 16.5. The maximum atomic E-state index is 13.6. The molecular formula is C28H32N2O2. The van der Waals surface area contributed by atoms with Gasteiger partial charge in [-0.3, -0.25) is 9.69 Å². The first-order chi connectivity index (χ1) is 15.5. The van der Waals surface area contributed by atoms with E-state index in [1.165, 1.54) is 27.8 Å². The number of benzene rings is 3. The van der Waals surface area contributed by atoms with Crippen molar-refractivity contribution in [2.45, 2.75) is 38.9 Å². The largest absolute Gasteiger partial charge is 0.497 e. The summed E-state index contributed by atoms with van der Waals surface area (Å²) in [6.45, 7) is 4.94. The van der Waals surface area contributed by atoms with Gasteiger partial charge in [-0.2, -0.15) is 0 Å². The van der Waals surface area contributed by atoms with E-state index in [2.05, 4.69) is 73.2 Å². The van der Waals surface area contributed by atoms with Crippen LogP contribution in [0.3, 0.4) is 0 Å². The van der Waals surface area contributed by atoms with Gasteiger partial charge < -0.3 is 9.64 Å². The maximum Gasteiger partial charge on any atom is 0.241 e. The van der Waals surface area contributed by atoms with Crippen molar-refractivity contribution < 1.29 is 9.53 Å². The summed E-state index contributed by atoms with van der Waals surface area (Å²) in [5, 5.41) is 0. The number of amides is 1. The van der Waals surface area contributed by atoms with E-state index < -0.39 is 0 Å². The van der Waals surface area contributed by atoms with Crippen LogP contribution in [0.4, 0.5) is 0 Å². The van der Waals surface area contributed by atoms with Gasteiger partial charge in [-0.15, -0.1) is 0 Å². The number of rotatable bonds is 7. The Balaban J connectivity index is 1.61. The van der Waals surface area contributed by atoms with Gasteiger partial charge in [-0.05, 0) is 73.7 Å². The first kappa shape index (κ1) is 22.1. The van der Waals surface area contributed by atoms with E-state index in [1.54, 1.807) is 7.11 Å². The molecule has 0 spiro atoms. The summed E-state index contributed by atoms with van der Waals surface area (Å²) >= 11 is 0. The van der Waals surface area contributed by atoms with Crippen molar-refractivity contribution in [2.24, 2.45) is 0 Å². The molecule has 0 radical (unpaired) electrons. The van der Waals surface area contributed by atoms with Crippen molar-refractivity contribution in [3.05, 3.63) is 101 Å². The molecule has 3 aromatic rings. The van der Waals surface area contributed by atoms with Crippen LogP contribution >= 0.6 is 0 Å². The fourth-order valence-corrected chi connectivity index (χ4v) is 4.56. The number of hydrogen-bond donors (Lipinski definition) is 0. The van der Waals surface area contributed by atoms with E-state index in [-0.39, 0.29) is 18.1 Å². The predicted molar refractivity (Wildman–Crippen MR) is 129 cm³/mol. The van der Waals surface area contributed by atoms with E-state index >= 15 is 0 Å². The molecule has 32 heavy (non-hydrogen) atoms. The van der Waals surface area contributed by atoms with Gasteiger partial charge >= 0.3 is 0 Å². The highest BCUT2D eigenvalue weighted by molar-refractivity contribution is 5.85. The second-order valence-electron chi connectivity index (χ2n) is 8.72. The zero-order valence-electron chi connectivity index (χ0n) is 19.4. The van der Waals surface area contributed by atoms with Crippen LogP contribution in [-0.2, 0) is 17.6 Å². The zero-order chi connectivity index (χ0) is 22.7. The molecule has 1 saturated heterocycles. The lowest BCUT2D eigenvalue weighted by atomic mass is 10.0. The molecule has 1 heterocycles. The zero-order valence-corrected chi connectivity index (χ0v) is 19.4. The van der Waals surface area contributed by atoms with Gasteiger partial charge in [-0.25, -0.2) is 0 Å². The Morgan fingerprint density at radius 2 is 1.59 bits per heavy atom. The molecule has 1 fully saturated rings. The van der Waals surface area contributed by atoms with Crippen LogP contribution in [0.2, 0.25) is 0 Å². The average molecular weight is 429 g/mol. The van der Waals surface area contributed by atoms with Crippen molar-refractivity contribution in [1.82, 2.24) is 9.80 Å². The smallest absolute Gasteiger partial charge is 0.241 e. The minimum atomic E-state index is -0.167. The van der Waals surface area contributed by atoms with Gasteiger partial charge in [0.05, 0.1) is 13.2 Å². The first-order valence-corrected chi connectivity index (χ1v) is 11.2. The van der Waals surface area contributed by atoms with Gasteiger partial charge in [0.1, 0.15) is 11.9 Å². The number of nitrogens with zero attached hydrogens (tertiary/aromatic N) is 2. The summed E-state index contributed by atoms with van der Waals surface area (Å²) in [6, 6.07) is 24.8. The topological polar surface area (TPSA) is 32.8 Å². The minimum Gasteiger partial charge on any atom is -0.497 e. The van der Waals surface area contributed by atoms with E-state index in [4.69, 9.17) is 4.74 Å². The SMILES string of the molecule is COc1ccc(CCN2C(=O)[C@H](Cc3ccccc3)N(C)[C@@H]2c2ccc(C)c(C)c2)cc1. The lowest BCUT2D eigenvalue weighted by molar-refractivity contribution is -0.130. The van der Waals surface area contributed by atoms with Crippen LogP contribution < -0.4 is 4.74 Å². The maximum absolute atomic E-state index is 13.6. The number of hydrogen-bond acceptors (Lipinski definition) is 3. The van der Waals surface area contributed by atoms with Crippen molar-refractivity contribution in [1.29, 1.82) is 0 Å². The second-order valence-corrected chi connectivity index (χ2v) is 8.72. The van der Waals surface area contributed by atoms with Crippen molar-refractivity contribution in [3.8, 4) is 5.75 Å². The number of aryl methyl sites for hydroxylation is 2. The van der Waals surface area contributed by atoms with Crippen LogP contribution in [0.5, 0.6) is 5.75 Å². The Hall–Kier alpha value is -3.11. The molecule has 0 aromatic heterocycles. The van der Waals surface area contributed by atoms with Crippen LogP contribution in [0.25, 0.3) is 0 Å². The monoisotopic (exact) mass is 428 g/mol. The Kier molecular flexibility index (Phi) is 6.61. The van der Waals surface area contributed by atoms with Crippen LogP contribution in [0, 0.1) is 13.8 Å². The van der Waals surface area contributed by atoms with Crippen LogP contribution in [0.15, 0.2) is 72.8 Å². The summed E-state index contributed by atoms with van der Waals surface area (Å²) in [5.41, 5.74) is 6.09. The molecule has 4 rings (SSSR count). The van der Waals surface area contributed by atoms with E-state index in [1.807, 2.05) is 30.3 Å². The van der Waals surface area contributed by atoms with E-state index in [9.17, 15) is 4.79 Å². The number of methoxy groups -OCH3 is 1. The van der Waals surface area contributed by atoms with Crippen molar-refractivity contribution in [3.63, 3.8) is 0 Å². The molecule has 0 bridgehead atoms. The fraction of sp³-hybridized carbons (Fsp3) is 0.321. The molecular weight excluding hydrogens is 396 g/mol. The Morgan fingerprint density at radius 1 is 0.875 bits per heavy atom. The molecule has 0 N–H and O–H groups in total. The summed E-state index contributed by atoms with van der Waals surface area (Å²) in [6.07, 6.45) is 1.47. The highest BCUT2D eigenvalue weighted by Crippen LogP contribution is 2.35. The van der Waals surface area contributed by atoms with Crippen molar-refractivity contribution >= 4 is 5.91 Å². The average Bonchev–Trinajstić information content (AvgIpc) is 3.04. The molecule has 4 heteroatoms. The summed E-state index contributed by atoms with van der Waals surface area (Å²) < 4.78 is 5.27. The van der Waals surface area contributed by atoms with Crippen molar-refractivity contribution in [2.75, 3.05) is 20.7 Å². The fourth-order valence-electron chi connectivity index (χ4n) is 4.56. The first-order valence-electron chi connectivity index (χ1n) is 11.2. The lowest BCUT2D eigenvalue weighted by Gasteiger charge is -2.29. The molecule has 3 aromatic carbocycles. The Bertz CT molecular complexity index is 1060.